The van der Waals surface area contributed by atoms with Crippen molar-refractivity contribution in [2.75, 3.05) is 10.0 Å². The van der Waals surface area contributed by atoms with Gasteiger partial charge in [0.05, 0.1) is 21.8 Å². The minimum Gasteiger partial charge on any atom is -0.480 e. The number of hydrogen-bond donors (Lipinski definition) is 4. The van der Waals surface area contributed by atoms with E-state index in [1.807, 2.05) is 0 Å². The number of halogens is 5. The quantitative estimate of drug-likeness (QED) is 0.166. The van der Waals surface area contributed by atoms with Crippen LogP contribution in [0, 0.1) is 30.9 Å². The fourth-order valence-electron chi connectivity index (χ4n) is 5.37. The highest BCUT2D eigenvalue weighted by Gasteiger charge is 2.68. The monoisotopic (exact) mass is 763 g/mol. The van der Waals surface area contributed by atoms with Crippen molar-refractivity contribution in [2.45, 2.75) is 50.2 Å². The Hall–Kier alpha value is -5.85. The van der Waals surface area contributed by atoms with E-state index in [2.05, 4.69) is 10.6 Å². The lowest BCUT2D eigenvalue weighted by Gasteiger charge is -2.18. The highest BCUT2D eigenvalue weighted by Crippen LogP contribution is 2.58. The van der Waals surface area contributed by atoms with E-state index >= 15 is 8.78 Å². The number of carbonyl (C=O) groups excluding carboxylic acids is 2. The third-order valence-electron chi connectivity index (χ3n) is 8.98. The maximum atomic E-state index is 15.1. The zero-order valence-corrected chi connectivity index (χ0v) is 28.8. The molecule has 1 fully saturated rings. The maximum absolute atomic E-state index is 15.1. The molecule has 1 heterocycles. The summed E-state index contributed by atoms with van der Waals surface area (Å²) in [6.07, 6.45) is -5.89. The van der Waals surface area contributed by atoms with E-state index in [9.17, 15) is 50.7 Å². The van der Waals surface area contributed by atoms with Crippen LogP contribution in [0.5, 0.6) is 0 Å². The van der Waals surface area contributed by atoms with Gasteiger partial charge in [0, 0.05) is 36.5 Å². The Kier molecular flexibility index (Phi) is 10.1. The predicted octanol–water partition coefficient (Wildman–Crippen LogP) is 3.94. The average molecular weight is 764 g/mol. The molecular weight excluding hydrogens is 733 g/mol. The van der Waals surface area contributed by atoms with Crippen LogP contribution in [0.3, 0.4) is 0 Å². The highest BCUT2D eigenvalue weighted by atomic mass is 32.2. The molecule has 19 heteroatoms. The number of benzene rings is 3. The molecule has 2 amide bonds. The van der Waals surface area contributed by atoms with Crippen molar-refractivity contribution in [3.05, 3.63) is 116 Å². The summed E-state index contributed by atoms with van der Waals surface area (Å²) in [5.74, 6) is -7.02. The molecule has 0 unspecified atom stereocenters. The number of rotatable bonds is 11. The molecule has 1 aliphatic rings. The lowest BCUT2D eigenvalue weighted by molar-refractivity contribution is -0.189. The second-order valence-electron chi connectivity index (χ2n) is 12.4. The number of aromatic nitrogens is 2. The number of amides is 2. The number of nitrogens with zero attached hydrogens (tertiary/aromatic N) is 2. The van der Waals surface area contributed by atoms with Gasteiger partial charge in [-0.2, -0.15) is 13.2 Å². The number of sulfonamides is 1. The molecule has 4 aromatic rings. The van der Waals surface area contributed by atoms with Crippen LogP contribution in [0.4, 0.5) is 33.3 Å². The molecule has 1 aromatic heterocycles. The second-order valence-corrected chi connectivity index (χ2v) is 14.1. The van der Waals surface area contributed by atoms with Gasteiger partial charge in [0.15, 0.2) is 0 Å². The van der Waals surface area contributed by atoms with Crippen LogP contribution < -0.4 is 26.6 Å². The van der Waals surface area contributed by atoms with Gasteiger partial charge in [0.1, 0.15) is 23.1 Å². The molecule has 5 rings (SSSR count). The smallest absolute Gasteiger partial charge is 0.403 e. The molecule has 1 saturated carbocycles. The summed E-state index contributed by atoms with van der Waals surface area (Å²) in [6.45, 7) is 3.18. The summed E-state index contributed by atoms with van der Waals surface area (Å²) in [5.41, 5.74) is -4.33. The van der Waals surface area contributed by atoms with Crippen molar-refractivity contribution >= 4 is 39.2 Å². The van der Waals surface area contributed by atoms with Crippen molar-refractivity contribution in [1.29, 1.82) is 0 Å². The van der Waals surface area contributed by atoms with Crippen LogP contribution in [0.1, 0.15) is 40.0 Å². The standard InChI is InChI=1S/C34H30F5N5O8S/c1-17-18(2)43(3)32(50)44(29(17)46)21-8-4-19(5-9-21)14-27(30(47)48)41-28(45)23-15-25(36)26(16-24(23)35)42-53(51,52)22-10-6-20(7-11-22)40-31(49)33(12-13-33)34(37,38)39/h4-11,15-16,27,42H,12-14H2,1-3H3,(H,40,49)(H,41,45)(H,47,48)/t27-/m0/s1. The van der Waals surface area contributed by atoms with Crippen molar-refractivity contribution < 1.29 is 49.9 Å². The van der Waals surface area contributed by atoms with Gasteiger partial charge in [-0.05, 0) is 74.7 Å². The van der Waals surface area contributed by atoms with Gasteiger partial charge in [0.2, 0.25) is 5.91 Å². The number of carbonyl (C=O) groups is 3. The van der Waals surface area contributed by atoms with E-state index in [0.717, 1.165) is 28.8 Å². The molecular formula is C34H30F5N5O8S. The van der Waals surface area contributed by atoms with Crippen LogP contribution in [-0.4, -0.2) is 52.7 Å². The molecule has 3 aromatic carbocycles. The van der Waals surface area contributed by atoms with Crippen molar-refractivity contribution in [3.63, 3.8) is 0 Å². The number of anilines is 2. The van der Waals surface area contributed by atoms with E-state index in [1.165, 1.54) is 35.9 Å². The first-order chi connectivity index (χ1) is 24.7. The molecule has 1 aliphatic carbocycles. The van der Waals surface area contributed by atoms with Crippen LogP contribution in [-0.2, 0) is 33.1 Å². The number of carboxylic acid groups (broad SMARTS) is 1. The van der Waals surface area contributed by atoms with Gasteiger partial charge in [-0.1, -0.05) is 12.1 Å². The molecule has 1 atom stereocenters. The predicted molar refractivity (Wildman–Crippen MR) is 179 cm³/mol. The van der Waals surface area contributed by atoms with Gasteiger partial charge in [-0.15, -0.1) is 0 Å². The van der Waals surface area contributed by atoms with Crippen LogP contribution in [0.25, 0.3) is 5.69 Å². The number of aliphatic carboxylic acids is 1. The molecule has 0 spiro atoms. The van der Waals surface area contributed by atoms with Crippen molar-refractivity contribution in [1.82, 2.24) is 14.5 Å². The molecule has 0 aliphatic heterocycles. The maximum Gasteiger partial charge on any atom is 0.403 e. The van der Waals surface area contributed by atoms with Crippen LogP contribution in [0.15, 0.2) is 75.1 Å². The number of hydrogen-bond acceptors (Lipinski definition) is 7. The van der Waals surface area contributed by atoms with Gasteiger partial charge in [0.25, 0.3) is 21.5 Å². The summed E-state index contributed by atoms with van der Waals surface area (Å²) in [5, 5.41) is 13.9. The first kappa shape index (κ1) is 38.4. The van der Waals surface area contributed by atoms with Crippen molar-refractivity contribution in [2.24, 2.45) is 12.5 Å². The van der Waals surface area contributed by atoms with Gasteiger partial charge in [-0.25, -0.2) is 31.4 Å². The fraction of sp³-hybridized carbons (Fsp3) is 0.265. The average Bonchev–Trinajstić information content (AvgIpc) is 3.92. The minimum absolute atomic E-state index is 0.144. The number of nitrogens with one attached hydrogen (secondary N) is 3. The van der Waals surface area contributed by atoms with E-state index in [0.29, 0.717) is 29.0 Å². The van der Waals surface area contributed by atoms with Crippen LogP contribution in [0.2, 0.25) is 0 Å². The lowest BCUT2D eigenvalue weighted by Crippen LogP contribution is -2.42. The summed E-state index contributed by atoms with van der Waals surface area (Å²) < 4.78 is 99.5. The molecule has 4 N–H and O–H groups in total. The molecule has 53 heavy (non-hydrogen) atoms. The molecule has 0 saturated heterocycles. The van der Waals surface area contributed by atoms with Crippen molar-refractivity contribution in [3.8, 4) is 5.69 Å². The van der Waals surface area contributed by atoms with Gasteiger partial charge < -0.3 is 20.3 Å². The Balaban J connectivity index is 1.27. The zero-order valence-electron chi connectivity index (χ0n) is 28.0. The molecule has 280 valence electrons. The second kappa shape index (κ2) is 13.9. The minimum atomic E-state index is -4.76. The number of alkyl halides is 3. The summed E-state index contributed by atoms with van der Waals surface area (Å²) in [7, 11) is -3.13. The first-order valence-electron chi connectivity index (χ1n) is 15.6. The molecule has 13 nitrogen and oxygen atoms in total. The Morgan fingerprint density at radius 2 is 1.55 bits per heavy atom. The Labute approximate surface area is 297 Å². The highest BCUT2D eigenvalue weighted by molar-refractivity contribution is 7.92. The molecule has 0 bridgehead atoms. The normalized spacial score (nSPS) is 14.3. The summed E-state index contributed by atoms with van der Waals surface area (Å²) in [6, 6.07) is 8.50. The molecule has 0 radical (unpaired) electrons. The first-order valence-corrected chi connectivity index (χ1v) is 17.1. The lowest BCUT2D eigenvalue weighted by atomic mass is 10.0. The summed E-state index contributed by atoms with van der Waals surface area (Å²) >= 11 is 0. The SMILES string of the molecule is Cc1c(C)n(C)c(=O)n(-c2ccc(C[C@H](NC(=O)c3cc(F)c(NS(=O)(=O)c4ccc(NC(=O)C5(C(F)(F)F)CC5)cc4)cc3F)C(=O)O)cc2)c1=O. The number of carboxylic acids is 1. The van der Waals surface area contributed by atoms with E-state index < -0.39 is 84.5 Å². The summed E-state index contributed by atoms with van der Waals surface area (Å²) in [4.78, 5) is 62.0. The largest absolute Gasteiger partial charge is 0.480 e. The Bertz CT molecular complexity index is 2330. The third-order valence-corrected chi connectivity index (χ3v) is 10.4. The topological polar surface area (TPSA) is 186 Å². The fourth-order valence-corrected chi connectivity index (χ4v) is 6.43. The van der Waals surface area contributed by atoms with Gasteiger partial charge >= 0.3 is 17.8 Å². The zero-order chi connectivity index (χ0) is 39.2. The van der Waals surface area contributed by atoms with Crippen LogP contribution >= 0.6 is 0 Å². The Morgan fingerprint density at radius 1 is 0.943 bits per heavy atom. The third kappa shape index (κ3) is 7.55. The van der Waals surface area contributed by atoms with E-state index in [1.54, 1.807) is 18.6 Å². The van der Waals surface area contributed by atoms with E-state index in [-0.39, 0.29) is 30.6 Å². The Morgan fingerprint density at radius 3 is 2.09 bits per heavy atom. The van der Waals surface area contributed by atoms with E-state index in [4.69, 9.17) is 0 Å². The van der Waals surface area contributed by atoms with Gasteiger partial charge in [-0.3, -0.25) is 19.1 Å².